The zero-order chi connectivity index (χ0) is 19.3. The first-order valence-corrected chi connectivity index (χ1v) is 10.1. The number of carbonyl (C=O) groups excluding carboxylic acids is 1. The highest BCUT2D eigenvalue weighted by atomic mass is 35.5. The van der Waals surface area contributed by atoms with E-state index in [0.29, 0.717) is 0 Å². The molecule has 0 aliphatic heterocycles. The number of carbonyl (C=O) groups is 1. The third-order valence-electron chi connectivity index (χ3n) is 3.33. The van der Waals surface area contributed by atoms with Crippen LogP contribution in [0.3, 0.4) is 0 Å². The number of amides is 1. The third kappa shape index (κ3) is 5.45. The van der Waals surface area contributed by atoms with Gasteiger partial charge in [0.25, 0.3) is 5.91 Å². The van der Waals surface area contributed by atoms with Crippen LogP contribution in [-0.2, 0) is 14.8 Å². The molecule has 2 aromatic rings. The topological polar surface area (TPSA) is 78.8 Å². The standard InChI is InChI=1S/C17H17Cl2N3O3S/c1-12-5-3-6-13(9-12)10-20-21-16(23)11-22(26(2,24)25)15-8-4-7-14(18)17(15)19/h3-10H,11H2,1-2H3,(H,21,23)/b20-10-. The molecule has 2 aromatic carbocycles. The van der Waals surface area contributed by atoms with Crippen LogP contribution in [0.4, 0.5) is 5.69 Å². The summed E-state index contributed by atoms with van der Waals surface area (Å²) in [5.41, 5.74) is 4.29. The zero-order valence-corrected chi connectivity index (χ0v) is 16.4. The van der Waals surface area contributed by atoms with Gasteiger partial charge >= 0.3 is 0 Å². The molecule has 26 heavy (non-hydrogen) atoms. The molecule has 0 spiro atoms. The normalized spacial score (nSPS) is 11.5. The van der Waals surface area contributed by atoms with Crippen molar-refractivity contribution in [1.82, 2.24) is 5.43 Å². The summed E-state index contributed by atoms with van der Waals surface area (Å²) < 4.78 is 25.0. The van der Waals surface area contributed by atoms with Crippen molar-refractivity contribution in [2.24, 2.45) is 5.10 Å². The van der Waals surface area contributed by atoms with E-state index in [1.165, 1.54) is 18.3 Å². The van der Waals surface area contributed by atoms with Gasteiger partial charge in [0.15, 0.2) is 0 Å². The summed E-state index contributed by atoms with van der Waals surface area (Å²) in [6.07, 6.45) is 2.45. The van der Waals surface area contributed by atoms with Gasteiger partial charge in [-0.15, -0.1) is 0 Å². The van der Waals surface area contributed by atoms with Gasteiger partial charge in [0.05, 0.1) is 28.2 Å². The summed E-state index contributed by atoms with van der Waals surface area (Å²) in [6.45, 7) is 1.46. The van der Waals surface area contributed by atoms with Gasteiger partial charge in [-0.3, -0.25) is 9.10 Å². The van der Waals surface area contributed by atoms with E-state index < -0.39 is 22.5 Å². The maximum Gasteiger partial charge on any atom is 0.260 e. The number of anilines is 1. The van der Waals surface area contributed by atoms with Crippen LogP contribution in [-0.4, -0.2) is 33.3 Å². The van der Waals surface area contributed by atoms with E-state index >= 15 is 0 Å². The molecule has 0 saturated heterocycles. The van der Waals surface area contributed by atoms with E-state index in [9.17, 15) is 13.2 Å². The lowest BCUT2D eigenvalue weighted by Gasteiger charge is -2.22. The van der Waals surface area contributed by atoms with Crippen molar-refractivity contribution in [3.05, 3.63) is 63.6 Å². The first-order valence-electron chi connectivity index (χ1n) is 7.49. The molecule has 138 valence electrons. The summed E-state index contributed by atoms with van der Waals surface area (Å²) in [6, 6.07) is 12.1. The Morgan fingerprint density at radius 3 is 2.58 bits per heavy atom. The Balaban J connectivity index is 2.14. The van der Waals surface area contributed by atoms with E-state index in [1.807, 2.05) is 31.2 Å². The lowest BCUT2D eigenvalue weighted by Crippen LogP contribution is -2.39. The Kier molecular flexibility index (Phi) is 6.63. The first-order chi connectivity index (χ1) is 12.2. The molecule has 0 radical (unpaired) electrons. The Morgan fingerprint density at radius 2 is 1.92 bits per heavy atom. The van der Waals surface area contributed by atoms with Crippen LogP contribution in [0.25, 0.3) is 0 Å². The average molecular weight is 414 g/mol. The molecular weight excluding hydrogens is 397 g/mol. The predicted octanol–water partition coefficient (Wildman–Crippen LogP) is 3.22. The van der Waals surface area contributed by atoms with Crippen molar-refractivity contribution in [1.29, 1.82) is 0 Å². The van der Waals surface area contributed by atoms with Crippen LogP contribution in [0.1, 0.15) is 11.1 Å². The Hall–Kier alpha value is -2.09. The number of hydrogen-bond acceptors (Lipinski definition) is 4. The minimum Gasteiger partial charge on any atom is -0.271 e. The van der Waals surface area contributed by atoms with E-state index in [2.05, 4.69) is 10.5 Å². The molecule has 0 aliphatic carbocycles. The van der Waals surface area contributed by atoms with Crippen molar-refractivity contribution in [2.45, 2.75) is 6.92 Å². The van der Waals surface area contributed by atoms with Crippen LogP contribution >= 0.6 is 23.2 Å². The molecule has 1 N–H and O–H groups in total. The highest BCUT2D eigenvalue weighted by Crippen LogP contribution is 2.33. The van der Waals surface area contributed by atoms with Gasteiger partial charge in [-0.1, -0.05) is 59.1 Å². The summed E-state index contributed by atoms with van der Waals surface area (Å²) in [4.78, 5) is 12.1. The molecule has 1 amide bonds. The number of aryl methyl sites for hydroxylation is 1. The van der Waals surface area contributed by atoms with Crippen LogP contribution < -0.4 is 9.73 Å². The monoisotopic (exact) mass is 413 g/mol. The second-order valence-electron chi connectivity index (χ2n) is 5.55. The molecule has 0 aromatic heterocycles. The van der Waals surface area contributed by atoms with E-state index in [-0.39, 0.29) is 15.7 Å². The molecule has 0 saturated carbocycles. The second kappa shape index (κ2) is 8.53. The van der Waals surface area contributed by atoms with Crippen LogP contribution in [0, 0.1) is 6.92 Å². The predicted molar refractivity (Wildman–Crippen MR) is 106 cm³/mol. The summed E-state index contributed by atoms with van der Waals surface area (Å²) >= 11 is 12.0. The number of hydrogen-bond donors (Lipinski definition) is 1. The van der Waals surface area contributed by atoms with Crippen LogP contribution in [0.5, 0.6) is 0 Å². The van der Waals surface area contributed by atoms with Gasteiger partial charge in [0.1, 0.15) is 6.54 Å². The highest BCUT2D eigenvalue weighted by molar-refractivity contribution is 7.92. The molecule has 9 heteroatoms. The Bertz CT molecular complexity index is 946. The lowest BCUT2D eigenvalue weighted by molar-refractivity contribution is -0.119. The van der Waals surface area contributed by atoms with Crippen molar-refractivity contribution in [2.75, 3.05) is 17.1 Å². The fraction of sp³-hybridized carbons (Fsp3) is 0.176. The minimum atomic E-state index is -3.76. The van der Waals surface area contributed by atoms with E-state index in [0.717, 1.165) is 21.7 Å². The molecule has 0 atom stereocenters. The van der Waals surface area contributed by atoms with Crippen molar-refractivity contribution in [3.63, 3.8) is 0 Å². The van der Waals surface area contributed by atoms with E-state index in [1.54, 1.807) is 6.07 Å². The van der Waals surface area contributed by atoms with Crippen molar-refractivity contribution in [3.8, 4) is 0 Å². The summed E-state index contributed by atoms with van der Waals surface area (Å²) in [5, 5.41) is 4.09. The minimum absolute atomic E-state index is 0.0515. The largest absolute Gasteiger partial charge is 0.271 e. The molecule has 0 aliphatic rings. The van der Waals surface area contributed by atoms with Gasteiger partial charge < -0.3 is 0 Å². The molecule has 0 fully saturated rings. The number of nitrogens with one attached hydrogen (secondary N) is 1. The van der Waals surface area contributed by atoms with E-state index in [4.69, 9.17) is 23.2 Å². The average Bonchev–Trinajstić information content (AvgIpc) is 2.55. The number of nitrogens with zero attached hydrogens (tertiary/aromatic N) is 2. The quantitative estimate of drug-likeness (QED) is 0.583. The van der Waals surface area contributed by atoms with Crippen LogP contribution in [0.2, 0.25) is 10.0 Å². The lowest BCUT2D eigenvalue weighted by atomic mass is 10.2. The number of sulfonamides is 1. The van der Waals surface area contributed by atoms with Crippen molar-refractivity contribution < 1.29 is 13.2 Å². The van der Waals surface area contributed by atoms with Gasteiger partial charge in [0, 0.05) is 0 Å². The highest BCUT2D eigenvalue weighted by Gasteiger charge is 2.23. The summed E-state index contributed by atoms with van der Waals surface area (Å²) in [5.74, 6) is -0.615. The number of benzene rings is 2. The summed E-state index contributed by atoms with van der Waals surface area (Å²) in [7, 11) is -3.76. The van der Waals surface area contributed by atoms with Gasteiger partial charge in [-0.05, 0) is 24.6 Å². The number of halogens is 2. The van der Waals surface area contributed by atoms with Gasteiger partial charge in [-0.2, -0.15) is 5.10 Å². The van der Waals surface area contributed by atoms with Crippen molar-refractivity contribution >= 4 is 51.0 Å². The zero-order valence-electron chi connectivity index (χ0n) is 14.1. The maximum absolute atomic E-state index is 12.1. The SMILES string of the molecule is Cc1cccc(/C=N\NC(=O)CN(c2cccc(Cl)c2Cl)S(C)(=O)=O)c1. The molecule has 0 unspecified atom stereocenters. The molecule has 6 nitrogen and oxygen atoms in total. The third-order valence-corrected chi connectivity index (χ3v) is 5.27. The number of hydrazone groups is 1. The molecule has 0 heterocycles. The van der Waals surface area contributed by atoms with Gasteiger partial charge in [0.2, 0.25) is 10.0 Å². The number of rotatable bonds is 6. The fourth-order valence-corrected chi connectivity index (χ4v) is 3.47. The second-order valence-corrected chi connectivity index (χ2v) is 8.24. The Morgan fingerprint density at radius 1 is 1.23 bits per heavy atom. The van der Waals surface area contributed by atoms with Gasteiger partial charge in [-0.25, -0.2) is 13.8 Å². The first kappa shape index (κ1) is 20.2. The maximum atomic E-state index is 12.1. The smallest absolute Gasteiger partial charge is 0.260 e. The fourth-order valence-electron chi connectivity index (χ4n) is 2.16. The van der Waals surface area contributed by atoms with Crippen LogP contribution in [0.15, 0.2) is 47.6 Å². The molecular formula is C17H17Cl2N3O3S. The molecule has 2 rings (SSSR count). The molecule has 0 bridgehead atoms. The Labute approximate surface area is 162 Å².